The van der Waals surface area contributed by atoms with Crippen molar-refractivity contribution in [2.75, 3.05) is 26.2 Å². The second-order valence-electron chi connectivity index (χ2n) is 11.5. The van der Waals surface area contributed by atoms with E-state index in [0.717, 1.165) is 64.6 Å². The van der Waals surface area contributed by atoms with Gasteiger partial charge in [0.25, 0.3) is 0 Å². The summed E-state index contributed by atoms with van der Waals surface area (Å²) < 4.78 is 0. The Bertz CT molecular complexity index is 866. The molecular formula is C29H44N4O2. The molecule has 0 aromatic heterocycles. The number of likely N-dealkylation sites (tertiary alicyclic amines) is 1. The van der Waals surface area contributed by atoms with Crippen molar-refractivity contribution in [2.45, 2.75) is 102 Å². The third-order valence-corrected chi connectivity index (χ3v) is 9.11. The summed E-state index contributed by atoms with van der Waals surface area (Å²) in [5.74, 6) is 0.150. The van der Waals surface area contributed by atoms with E-state index in [-0.39, 0.29) is 35.4 Å². The molecule has 1 aromatic carbocycles. The Hall–Kier alpha value is -1.92. The van der Waals surface area contributed by atoms with Crippen LogP contribution >= 0.6 is 0 Å². The zero-order valence-electron chi connectivity index (χ0n) is 21.3. The highest BCUT2D eigenvalue weighted by molar-refractivity contribution is 5.90. The molecular weight excluding hydrogens is 436 g/mol. The van der Waals surface area contributed by atoms with Crippen LogP contribution in [0, 0.1) is 5.41 Å². The van der Waals surface area contributed by atoms with Gasteiger partial charge in [-0.2, -0.15) is 0 Å². The summed E-state index contributed by atoms with van der Waals surface area (Å²) in [6, 6.07) is 8.00. The molecule has 35 heavy (non-hydrogen) atoms. The normalized spacial score (nSPS) is 29.4. The highest BCUT2D eigenvalue weighted by Gasteiger charge is 2.45. The summed E-state index contributed by atoms with van der Waals surface area (Å²) >= 11 is 0. The van der Waals surface area contributed by atoms with Crippen LogP contribution in [-0.4, -0.2) is 55.0 Å². The molecule has 1 spiro atoms. The highest BCUT2D eigenvalue weighted by Crippen LogP contribution is 2.38. The Morgan fingerprint density at radius 3 is 2.40 bits per heavy atom. The maximum Gasteiger partial charge on any atom is 0.243 e. The van der Waals surface area contributed by atoms with Crippen molar-refractivity contribution in [3.63, 3.8) is 0 Å². The Kier molecular flexibility index (Phi) is 8.08. The number of amides is 2. The number of carbonyl (C=O) groups is 2. The molecule has 6 rings (SSSR count). The fourth-order valence-corrected chi connectivity index (χ4v) is 6.97. The molecule has 3 N–H and O–H groups in total. The van der Waals surface area contributed by atoms with E-state index >= 15 is 0 Å². The van der Waals surface area contributed by atoms with Crippen LogP contribution in [0.25, 0.3) is 0 Å². The van der Waals surface area contributed by atoms with Gasteiger partial charge in [0.15, 0.2) is 0 Å². The monoisotopic (exact) mass is 480 g/mol. The molecule has 1 aromatic rings. The van der Waals surface area contributed by atoms with Crippen LogP contribution in [0.1, 0.15) is 94.2 Å². The van der Waals surface area contributed by atoms with Gasteiger partial charge in [-0.25, -0.2) is 0 Å². The van der Waals surface area contributed by atoms with E-state index in [1.165, 1.54) is 49.7 Å². The number of rotatable bonds is 3. The van der Waals surface area contributed by atoms with Crippen LogP contribution in [0.5, 0.6) is 0 Å². The third kappa shape index (κ3) is 5.75. The van der Waals surface area contributed by atoms with Gasteiger partial charge < -0.3 is 20.9 Å². The first-order valence-corrected chi connectivity index (χ1v) is 14.3. The molecule has 2 amide bonds. The molecule has 3 unspecified atom stereocenters. The van der Waals surface area contributed by atoms with Gasteiger partial charge in [0.2, 0.25) is 11.8 Å². The second kappa shape index (κ2) is 11.4. The number of carbonyl (C=O) groups excluding carboxylic acids is 2. The van der Waals surface area contributed by atoms with Crippen molar-refractivity contribution in [1.82, 2.24) is 20.9 Å². The minimum atomic E-state index is -0.318. The summed E-state index contributed by atoms with van der Waals surface area (Å²) in [6.45, 7) is 3.71. The van der Waals surface area contributed by atoms with Gasteiger partial charge in [-0.15, -0.1) is 0 Å². The van der Waals surface area contributed by atoms with E-state index in [0.29, 0.717) is 6.54 Å². The fourth-order valence-electron chi connectivity index (χ4n) is 6.97. The van der Waals surface area contributed by atoms with Crippen molar-refractivity contribution in [2.24, 2.45) is 5.41 Å². The number of hydrogen-bond donors (Lipinski definition) is 3. The number of nitrogens with one attached hydrogen (secondary N) is 3. The predicted molar refractivity (Wildman–Crippen MR) is 139 cm³/mol. The molecule has 6 heteroatoms. The lowest BCUT2D eigenvalue weighted by Gasteiger charge is -2.33. The zero-order chi connectivity index (χ0) is 24.1. The lowest BCUT2D eigenvalue weighted by molar-refractivity contribution is -0.140. The largest absolute Gasteiger partial charge is 0.347 e. The second-order valence-corrected chi connectivity index (χ2v) is 11.5. The van der Waals surface area contributed by atoms with Crippen LogP contribution in [0.3, 0.4) is 0 Å². The van der Waals surface area contributed by atoms with Gasteiger partial charge in [0, 0.05) is 13.1 Å². The van der Waals surface area contributed by atoms with Gasteiger partial charge in [0.05, 0.1) is 12.1 Å². The number of nitrogens with zero attached hydrogens (tertiary/aromatic N) is 1. The Labute approximate surface area is 211 Å². The first kappa shape index (κ1) is 24.8. The van der Waals surface area contributed by atoms with E-state index < -0.39 is 0 Å². The maximum atomic E-state index is 13.3. The first-order chi connectivity index (χ1) is 17.2. The lowest BCUT2D eigenvalue weighted by atomic mass is 9.77. The number of aryl methyl sites for hydroxylation is 1. The molecule has 2 aliphatic carbocycles. The fraction of sp³-hybridized carbons (Fsp3) is 0.724. The molecule has 3 saturated heterocycles. The van der Waals surface area contributed by atoms with Crippen molar-refractivity contribution in [1.29, 1.82) is 0 Å². The number of benzene rings is 1. The molecule has 0 radical (unpaired) electrons. The molecule has 3 heterocycles. The minimum absolute atomic E-state index is 0.0205. The van der Waals surface area contributed by atoms with Gasteiger partial charge in [-0.3, -0.25) is 9.59 Å². The standard InChI is InChI=1S/C23H32N4O2.C6H12/c28-21(26-18-8-7-16-4-1-2-5-17(16)18)20-6-3-13-27(20)22(29)19-14-23(15-25-19)9-11-24-12-10-23;1-2-4-6-5-3-1/h1-2,4-5,18-20,24-25H,3,6-15H2,(H,26,28);1-6H2. The minimum Gasteiger partial charge on any atom is -0.347 e. The van der Waals surface area contributed by atoms with E-state index in [9.17, 15) is 9.59 Å². The molecule has 3 atom stereocenters. The topological polar surface area (TPSA) is 73.5 Å². The summed E-state index contributed by atoms with van der Waals surface area (Å²) in [5, 5.41) is 10.2. The Balaban J connectivity index is 0.000000371. The van der Waals surface area contributed by atoms with Gasteiger partial charge in [-0.05, 0) is 74.6 Å². The average Bonchev–Trinajstić information content (AvgIpc) is 3.65. The molecule has 5 aliphatic rings. The lowest BCUT2D eigenvalue weighted by Crippen LogP contribution is -2.51. The molecule has 1 saturated carbocycles. The maximum absolute atomic E-state index is 13.3. The van der Waals surface area contributed by atoms with Crippen LogP contribution in [0.15, 0.2) is 24.3 Å². The van der Waals surface area contributed by atoms with Crippen LogP contribution < -0.4 is 16.0 Å². The van der Waals surface area contributed by atoms with Crippen molar-refractivity contribution < 1.29 is 9.59 Å². The van der Waals surface area contributed by atoms with Gasteiger partial charge in [0.1, 0.15) is 6.04 Å². The summed E-state index contributed by atoms with van der Waals surface area (Å²) in [4.78, 5) is 28.2. The third-order valence-electron chi connectivity index (χ3n) is 9.11. The number of fused-ring (bicyclic) bond motifs is 1. The van der Waals surface area contributed by atoms with Crippen LogP contribution in [0.4, 0.5) is 0 Å². The summed E-state index contributed by atoms with van der Waals surface area (Å²) in [5.41, 5.74) is 2.83. The van der Waals surface area contributed by atoms with E-state index in [1.807, 2.05) is 11.0 Å². The molecule has 0 bridgehead atoms. The number of piperidine rings is 1. The van der Waals surface area contributed by atoms with Crippen LogP contribution in [-0.2, 0) is 16.0 Å². The van der Waals surface area contributed by atoms with Gasteiger partial charge >= 0.3 is 0 Å². The molecule has 4 fully saturated rings. The molecule has 3 aliphatic heterocycles. The van der Waals surface area contributed by atoms with E-state index in [2.05, 4.69) is 34.1 Å². The Morgan fingerprint density at radius 2 is 1.66 bits per heavy atom. The molecule has 192 valence electrons. The summed E-state index contributed by atoms with van der Waals surface area (Å²) in [6.07, 6.45) is 15.8. The van der Waals surface area contributed by atoms with Crippen molar-refractivity contribution in [3.8, 4) is 0 Å². The van der Waals surface area contributed by atoms with E-state index in [1.54, 1.807) is 0 Å². The highest BCUT2D eigenvalue weighted by atomic mass is 16.2. The first-order valence-electron chi connectivity index (χ1n) is 14.3. The predicted octanol–water partition coefficient (Wildman–Crippen LogP) is 3.85. The van der Waals surface area contributed by atoms with Gasteiger partial charge in [-0.1, -0.05) is 62.8 Å². The van der Waals surface area contributed by atoms with E-state index in [4.69, 9.17) is 0 Å². The Morgan fingerprint density at radius 1 is 0.943 bits per heavy atom. The summed E-state index contributed by atoms with van der Waals surface area (Å²) in [7, 11) is 0. The zero-order valence-corrected chi connectivity index (χ0v) is 21.3. The number of hydrogen-bond acceptors (Lipinski definition) is 4. The molecule has 6 nitrogen and oxygen atoms in total. The smallest absolute Gasteiger partial charge is 0.243 e. The quantitative estimate of drug-likeness (QED) is 0.614. The van der Waals surface area contributed by atoms with Crippen molar-refractivity contribution in [3.05, 3.63) is 35.4 Å². The van der Waals surface area contributed by atoms with Crippen LogP contribution in [0.2, 0.25) is 0 Å². The SMILES string of the molecule is C1CCCCC1.O=C(NC1CCc2ccccc21)C1CCCN1C(=O)C1CC2(CCNCC2)CN1. The van der Waals surface area contributed by atoms with Crippen molar-refractivity contribution >= 4 is 11.8 Å². The average molecular weight is 481 g/mol.